The molecule has 0 amide bonds. The fourth-order valence-corrected chi connectivity index (χ4v) is 3.59. The molecule has 0 spiro atoms. The number of thioether (sulfide) groups is 1. The van der Waals surface area contributed by atoms with E-state index in [4.69, 9.17) is 0 Å². The Kier molecular flexibility index (Phi) is 3.79. The van der Waals surface area contributed by atoms with Gasteiger partial charge in [0.05, 0.1) is 5.52 Å². The van der Waals surface area contributed by atoms with E-state index in [0.29, 0.717) is 5.39 Å². The Hall–Kier alpha value is -2.65. The van der Waals surface area contributed by atoms with E-state index in [1.54, 1.807) is 11.8 Å². The molecule has 0 unspecified atom stereocenters. The average molecular weight is 329 g/mol. The quantitative estimate of drug-likeness (QED) is 0.477. The number of nitrogens with zero attached hydrogens (tertiary/aromatic N) is 1. The van der Waals surface area contributed by atoms with Gasteiger partial charge in [-0.3, -0.25) is 9.78 Å². The van der Waals surface area contributed by atoms with Gasteiger partial charge < -0.3 is 0 Å². The van der Waals surface area contributed by atoms with Gasteiger partial charge in [0.25, 0.3) is 0 Å². The van der Waals surface area contributed by atoms with Crippen molar-refractivity contribution in [3.63, 3.8) is 0 Å². The molecular formula is C21H15NOS. The predicted octanol–water partition coefficient (Wildman–Crippen LogP) is 5.14. The van der Waals surface area contributed by atoms with Crippen molar-refractivity contribution in [2.24, 2.45) is 0 Å². The normalized spacial score (nSPS) is 11.0. The Morgan fingerprint density at radius 1 is 0.792 bits per heavy atom. The number of benzene rings is 2. The van der Waals surface area contributed by atoms with Gasteiger partial charge in [0, 0.05) is 27.4 Å². The molecule has 0 aliphatic heterocycles. The number of pyridine rings is 1. The lowest BCUT2D eigenvalue weighted by Crippen LogP contribution is -1.99. The monoisotopic (exact) mass is 329 g/mol. The summed E-state index contributed by atoms with van der Waals surface area (Å²) in [5.74, 6) is 0. The molecule has 0 fully saturated rings. The van der Waals surface area contributed by atoms with Gasteiger partial charge in [-0.15, -0.1) is 11.8 Å². The summed E-state index contributed by atoms with van der Waals surface area (Å²) in [7, 11) is 0. The SMILES string of the molecule is CSc1cccc2c(=O)c3cc(-c4ccccc4)cnc3ccc12. The van der Waals surface area contributed by atoms with Crippen LogP contribution < -0.4 is 5.43 Å². The molecule has 2 nitrogen and oxygen atoms in total. The molecule has 4 aromatic rings. The van der Waals surface area contributed by atoms with Crippen LogP contribution in [0.4, 0.5) is 0 Å². The molecule has 1 heterocycles. The molecule has 0 bridgehead atoms. The van der Waals surface area contributed by atoms with Crippen LogP contribution in [0, 0.1) is 0 Å². The van der Waals surface area contributed by atoms with Gasteiger partial charge >= 0.3 is 0 Å². The summed E-state index contributed by atoms with van der Waals surface area (Å²) in [5, 5.41) is 2.38. The first-order valence-corrected chi connectivity index (χ1v) is 8.95. The van der Waals surface area contributed by atoms with Gasteiger partial charge in [0.2, 0.25) is 0 Å². The molecule has 0 saturated carbocycles. The van der Waals surface area contributed by atoms with Crippen LogP contribution in [-0.4, -0.2) is 11.2 Å². The van der Waals surface area contributed by atoms with Gasteiger partial charge in [-0.1, -0.05) is 48.5 Å². The molecular weight excluding hydrogens is 314 g/mol. The highest BCUT2D eigenvalue weighted by Crippen LogP contribution is 2.26. The fourth-order valence-electron chi connectivity index (χ4n) is 2.98. The number of fused-ring (bicyclic) bond motifs is 2. The molecule has 0 atom stereocenters. The summed E-state index contributed by atoms with van der Waals surface area (Å²) in [6, 6.07) is 21.8. The van der Waals surface area contributed by atoms with Crippen LogP contribution in [-0.2, 0) is 0 Å². The van der Waals surface area contributed by atoms with E-state index in [1.807, 2.05) is 79.2 Å². The maximum Gasteiger partial charge on any atom is 0.195 e. The zero-order valence-corrected chi connectivity index (χ0v) is 14.0. The van der Waals surface area contributed by atoms with Gasteiger partial charge in [0.15, 0.2) is 5.43 Å². The van der Waals surface area contributed by atoms with Crippen LogP contribution in [0.15, 0.2) is 82.6 Å². The first-order chi connectivity index (χ1) is 11.8. The molecule has 0 saturated heterocycles. The van der Waals surface area contributed by atoms with E-state index < -0.39 is 0 Å². The summed E-state index contributed by atoms with van der Waals surface area (Å²) < 4.78 is 0. The second-order valence-electron chi connectivity index (χ2n) is 5.61. The first-order valence-electron chi connectivity index (χ1n) is 7.73. The molecule has 116 valence electrons. The lowest BCUT2D eigenvalue weighted by atomic mass is 10.1. The summed E-state index contributed by atoms with van der Waals surface area (Å²) in [6.07, 6.45) is 3.86. The topological polar surface area (TPSA) is 30.0 Å². The van der Waals surface area contributed by atoms with Gasteiger partial charge in [0.1, 0.15) is 0 Å². The third-order valence-electron chi connectivity index (χ3n) is 4.21. The van der Waals surface area contributed by atoms with E-state index >= 15 is 0 Å². The van der Waals surface area contributed by atoms with Crippen LogP contribution in [0.1, 0.15) is 0 Å². The Labute approximate surface area is 144 Å². The summed E-state index contributed by atoms with van der Waals surface area (Å²) in [6.45, 7) is 0. The zero-order valence-electron chi connectivity index (χ0n) is 13.2. The van der Waals surface area contributed by atoms with Crippen molar-refractivity contribution in [3.05, 3.63) is 83.2 Å². The second kappa shape index (κ2) is 6.10. The third kappa shape index (κ3) is 2.47. The first kappa shape index (κ1) is 14.9. The number of hydrogen-bond donors (Lipinski definition) is 0. The van der Waals surface area contributed by atoms with Crippen molar-refractivity contribution in [3.8, 4) is 11.1 Å². The molecule has 1 aromatic heterocycles. The summed E-state index contributed by atoms with van der Waals surface area (Å²) in [5.41, 5.74) is 2.78. The second-order valence-corrected chi connectivity index (χ2v) is 6.45. The van der Waals surface area contributed by atoms with E-state index in [-0.39, 0.29) is 5.43 Å². The zero-order chi connectivity index (χ0) is 16.5. The highest BCUT2D eigenvalue weighted by Gasteiger charge is 2.07. The van der Waals surface area contributed by atoms with Crippen molar-refractivity contribution in [2.75, 3.05) is 6.26 Å². The van der Waals surface area contributed by atoms with E-state index in [0.717, 1.165) is 32.3 Å². The van der Waals surface area contributed by atoms with Crippen molar-refractivity contribution < 1.29 is 0 Å². The number of aromatic nitrogens is 1. The Morgan fingerprint density at radius 2 is 1.62 bits per heavy atom. The number of hydrogen-bond acceptors (Lipinski definition) is 3. The molecule has 0 aliphatic rings. The Balaban J connectivity index is 2.09. The van der Waals surface area contributed by atoms with Crippen molar-refractivity contribution in [1.29, 1.82) is 0 Å². The van der Waals surface area contributed by atoms with Crippen LogP contribution in [0.3, 0.4) is 0 Å². The minimum atomic E-state index is 0.0335. The molecule has 3 heteroatoms. The smallest absolute Gasteiger partial charge is 0.195 e. The highest BCUT2D eigenvalue weighted by molar-refractivity contribution is 7.98. The van der Waals surface area contributed by atoms with Crippen molar-refractivity contribution in [1.82, 2.24) is 4.98 Å². The van der Waals surface area contributed by atoms with Crippen LogP contribution in [0.5, 0.6) is 0 Å². The lowest BCUT2D eigenvalue weighted by molar-refractivity contribution is 1.41. The molecule has 3 aromatic carbocycles. The molecule has 0 radical (unpaired) electrons. The average Bonchev–Trinajstić information content (AvgIpc) is 2.79. The van der Waals surface area contributed by atoms with Crippen LogP contribution >= 0.6 is 11.8 Å². The van der Waals surface area contributed by atoms with Gasteiger partial charge in [-0.05, 0) is 35.4 Å². The standard InChI is InChI=1S/C21H15NOS/c1-24-20-9-5-8-17-16(20)10-11-19-18(21(17)23)12-15(13-22-19)14-6-3-2-4-7-14/h2-13H,1H3. The third-order valence-corrected chi connectivity index (χ3v) is 5.00. The van der Waals surface area contributed by atoms with Crippen LogP contribution in [0.2, 0.25) is 0 Å². The number of rotatable bonds is 2. The maximum absolute atomic E-state index is 13.1. The molecule has 0 aliphatic carbocycles. The largest absolute Gasteiger partial charge is 0.289 e. The van der Waals surface area contributed by atoms with Crippen molar-refractivity contribution >= 4 is 33.4 Å². The fraction of sp³-hybridized carbons (Fsp3) is 0.0476. The highest BCUT2D eigenvalue weighted by atomic mass is 32.2. The lowest BCUT2D eigenvalue weighted by Gasteiger charge is -2.01. The molecule has 24 heavy (non-hydrogen) atoms. The Bertz CT molecular complexity index is 1110. The molecule has 4 rings (SSSR count). The predicted molar refractivity (Wildman–Crippen MR) is 103 cm³/mol. The van der Waals surface area contributed by atoms with Gasteiger partial charge in [-0.25, -0.2) is 0 Å². The Morgan fingerprint density at radius 3 is 2.42 bits per heavy atom. The van der Waals surface area contributed by atoms with Gasteiger partial charge in [-0.2, -0.15) is 0 Å². The van der Waals surface area contributed by atoms with E-state index in [2.05, 4.69) is 4.98 Å². The summed E-state index contributed by atoms with van der Waals surface area (Å²) >= 11 is 1.65. The molecule has 0 N–H and O–H groups in total. The van der Waals surface area contributed by atoms with E-state index in [9.17, 15) is 4.79 Å². The van der Waals surface area contributed by atoms with E-state index in [1.165, 1.54) is 0 Å². The minimum Gasteiger partial charge on any atom is -0.289 e. The van der Waals surface area contributed by atoms with Crippen molar-refractivity contribution in [2.45, 2.75) is 4.90 Å². The minimum absolute atomic E-state index is 0.0335. The van der Waals surface area contributed by atoms with Crippen LogP contribution in [0.25, 0.3) is 32.8 Å². The maximum atomic E-state index is 13.1. The summed E-state index contributed by atoms with van der Waals surface area (Å²) in [4.78, 5) is 18.7.